The van der Waals surface area contributed by atoms with Crippen molar-refractivity contribution in [3.8, 4) is 0 Å². The van der Waals surface area contributed by atoms with Gasteiger partial charge in [0.25, 0.3) is 0 Å². The molecule has 6 heteroatoms. The second-order valence-electron chi connectivity index (χ2n) is 4.96. The summed E-state index contributed by atoms with van der Waals surface area (Å²) in [6.07, 6.45) is 0.197. The summed E-state index contributed by atoms with van der Waals surface area (Å²) in [5, 5.41) is 3.35. The third kappa shape index (κ3) is 5.37. The molecule has 0 spiro atoms. The minimum absolute atomic E-state index is 0.135. The van der Waals surface area contributed by atoms with Gasteiger partial charge >= 0.3 is 0 Å². The van der Waals surface area contributed by atoms with Crippen LogP contribution < -0.4 is 10.2 Å². The Hall–Kier alpha value is -1.85. The molecule has 0 fully saturated rings. The highest BCUT2D eigenvalue weighted by atomic mass is 79.9. The Bertz CT molecular complexity index is 704. The first kappa shape index (κ1) is 17.5. The van der Waals surface area contributed by atoms with Gasteiger partial charge in [0.2, 0.25) is 11.8 Å². The second-order valence-corrected chi connectivity index (χ2v) is 6.31. The van der Waals surface area contributed by atoms with Crippen LogP contribution in [0.25, 0.3) is 0 Å². The number of carbonyl (C=O) groups excluding carboxylic acids is 2. The molecule has 0 aromatic heterocycles. The van der Waals surface area contributed by atoms with Crippen LogP contribution in [0.3, 0.4) is 0 Å². The van der Waals surface area contributed by atoms with E-state index in [1.807, 2.05) is 24.3 Å². The number of benzene rings is 2. The standard InChI is InChI=1S/C17H16BrClN2O2/c1-12(22)21(16-4-2-3-14(19)11-16)10-9-17(23)20-15-7-5-13(18)6-8-15/h2-8,11H,9-10H2,1H3,(H,20,23). The fourth-order valence-electron chi connectivity index (χ4n) is 2.08. The molecule has 2 amide bonds. The molecule has 0 bridgehead atoms. The van der Waals surface area contributed by atoms with Crippen LogP contribution in [0.15, 0.2) is 53.0 Å². The van der Waals surface area contributed by atoms with Gasteiger partial charge in [-0.05, 0) is 42.5 Å². The summed E-state index contributed by atoms with van der Waals surface area (Å²) >= 11 is 9.30. The molecule has 0 aliphatic rings. The van der Waals surface area contributed by atoms with E-state index in [-0.39, 0.29) is 24.8 Å². The van der Waals surface area contributed by atoms with Gasteiger partial charge in [-0.15, -0.1) is 0 Å². The van der Waals surface area contributed by atoms with Crippen LogP contribution in [-0.2, 0) is 9.59 Å². The lowest BCUT2D eigenvalue weighted by Gasteiger charge is -2.21. The van der Waals surface area contributed by atoms with Gasteiger partial charge in [0.1, 0.15) is 0 Å². The van der Waals surface area contributed by atoms with Gasteiger partial charge in [-0.3, -0.25) is 9.59 Å². The second kappa shape index (κ2) is 8.13. The van der Waals surface area contributed by atoms with E-state index in [0.717, 1.165) is 10.2 Å². The summed E-state index contributed by atoms with van der Waals surface area (Å²) in [7, 11) is 0. The van der Waals surface area contributed by atoms with Crippen molar-refractivity contribution < 1.29 is 9.59 Å². The summed E-state index contributed by atoms with van der Waals surface area (Å²) in [5.41, 5.74) is 1.40. The molecule has 1 N–H and O–H groups in total. The maximum absolute atomic E-state index is 12.0. The molecule has 120 valence electrons. The smallest absolute Gasteiger partial charge is 0.226 e. The fourth-order valence-corrected chi connectivity index (χ4v) is 2.53. The van der Waals surface area contributed by atoms with Crippen LogP contribution in [0.2, 0.25) is 5.02 Å². The molecule has 4 nitrogen and oxygen atoms in total. The quantitative estimate of drug-likeness (QED) is 0.811. The summed E-state index contributed by atoms with van der Waals surface area (Å²) in [6, 6.07) is 14.3. The normalized spacial score (nSPS) is 10.2. The molecule has 2 aromatic carbocycles. The van der Waals surface area contributed by atoms with Gasteiger partial charge in [-0.1, -0.05) is 33.6 Å². The van der Waals surface area contributed by atoms with E-state index in [0.29, 0.717) is 10.7 Å². The van der Waals surface area contributed by atoms with Crippen LogP contribution in [0, 0.1) is 0 Å². The van der Waals surface area contributed by atoms with E-state index in [9.17, 15) is 9.59 Å². The number of rotatable bonds is 5. The van der Waals surface area contributed by atoms with E-state index >= 15 is 0 Å². The predicted molar refractivity (Wildman–Crippen MR) is 96.9 cm³/mol. The van der Waals surface area contributed by atoms with E-state index in [4.69, 9.17) is 11.6 Å². The average molecular weight is 396 g/mol. The number of anilines is 2. The van der Waals surface area contributed by atoms with Crippen LogP contribution in [0.5, 0.6) is 0 Å². The number of amides is 2. The number of hydrogen-bond donors (Lipinski definition) is 1. The minimum atomic E-state index is -0.152. The highest BCUT2D eigenvalue weighted by Crippen LogP contribution is 2.20. The Morgan fingerprint density at radius 3 is 2.48 bits per heavy atom. The number of carbonyl (C=O) groups is 2. The van der Waals surface area contributed by atoms with Gasteiger partial charge in [0, 0.05) is 40.8 Å². The van der Waals surface area contributed by atoms with Crippen molar-refractivity contribution in [1.82, 2.24) is 0 Å². The van der Waals surface area contributed by atoms with Crippen molar-refractivity contribution in [2.24, 2.45) is 0 Å². The van der Waals surface area contributed by atoms with Crippen molar-refractivity contribution in [2.75, 3.05) is 16.8 Å². The summed E-state index contributed by atoms with van der Waals surface area (Å²) in [4.78, 5) is 25.4. The molecule has 0 saturated heterocycles. The van der Waals surface area contributed by atoms with Crippen molar-refractivity contribution in [3.05, 3.63) is 58.0 Å². The van der Waals surface area contributed by atoms with E-state index < -0.39 is 0 Å². The van der Waals surface area contributed by atoms with Crippen LogP contribution in [-0.4, -0.2) is 18.4 Å². The van der Waals surface area contributed by atoms with Crippen LogP contribution in [0.1, 0.15) is 13.3 Å². The van der Waals surface area contributed by atoms with Crippen molar-refractivity contribution >= 4 is 50.7 Å². The minimum Gasteiger partial charge on any atom is -0.326 e. The molecule has 0 unspecified atom stereocenters. The van der Waals surface area contributed by atoms with Crippen LogP contribution in [0.4, 0.5) is 11.4 Å². The Kier molecular flexibility index (Phi) is 6.19. The number of halogens is 2. The lowest BCUT2D eigenvalue weighted by atomic mass is 10.2. The third-order valence-corrected chi connectivity index (χ3v) is 3.95. The largest absolute Gasteiger partial charge is 0.326 e. The van der Waals surface area contributed by atoms with E-state index in [1.54, 1.807) is 24.3 Å². The molecular formula is C17H16BrClN2O2. The lowest BCUT2D eigenvalue weighted by molar-refractivity contribution is -0.117. The highest BCUT2D eigenvalue weighted by Gasteiger charge is 2.13. The molecule has 0 heterocycles. The predicted octanol–water partition coefficient (Wildman–Crippen LogP) is 4.48. The van der Waals surface area contributed by atoms with Gasteiger partial charge in [-0.2, -0.15) is 0 Å². The molecule has 2 aromatic rings. The van der Waals surface area contributed by atoms with Crippen molar-refractivity contribution in [1.29, 1.82) is 0 Å². The Labute approximate surface area is 148 Å². The zero-order chi connectivity index (χ0) is 16.8. The SMILES string of the molecule is CC(=O)N(CCC(=O)Nc1ccc(Br)cc1)c1cccc(Cl)c1. The summed E-state index contributed by atoms with van der Waals surface area (Å²) < 4.78 is 0.944. The van der Waals surface area contributed by atoms with Crippen molar-refractivity contribution in [2.45, 2.75) is 13.3 Å². The maximum Gasteiger partial charge on any atom is 0.226 e. The first-order valence-electron chi connectivity index (χ1n) is 7.05. The topological polar surface area (TPSA) is 49.4 Å². The van der Waals surface area contributed by atoms with E-state index in [1.165, 1.54) is 11.8 Å². The Morgan fingerprint density at radius 2 is 1.87 bits per heavy atom. The number of nitrogens with one attached hydrogen (secondary N) is 1. The zero-order valence-corrected chi connectivity index (χ0v) is 14.9. The monoisotopic (exact) mass is 394 g/mol. The van der Waals surface area contributed by atoms with Gasteiger partial charge in [0.05, 0.1) is 0 Å². The zero-order valence-electron chi connectivity index (χ0n) is 12.6. The first-order valence-corrected chi connectivity index (χ1v) is 8.22. The molecule has 0 aliphatic carbocycles. The van der Waals surface area contributed by atoms with Gasteiger partial charge in [-0.25, -0.2) is 0 Å². The third-order valence-electron chi connectivity index (χ3n) is 3.19. The van der Waals surface area contributed by atoms with Crippen molar-refractivity contribution in [3.63, 3.8) is 0 Å². The Morgan fingerprint density at radius 1 is 1.17 bits per heavy atom. The number of nitrogens with zero attached hydrogens (tertiary/aromatic N) is 1. The first-order chi connectivity index (χ1) is 11.0. The summed E-state index contributed by atoms with van der Waals surface area (Å²) in [5.74, 6) is -0.288. The molecule has 0 saturated carbocycles. The molecule has 0 aliphatic heterocycles. The molecule has 0 radical (unpaired) electrons. The Balaban J connectivity index is 1.97. The highest BCUT2D eigenvalue weighted by molar-refractivity contribution is 9.10. The van der Waals surface area contributed by atoms with E-state index in [2.05, 4.69) is 21.2 Å². The van der Waals surface area contributed by atoms with Gasteiger partial charge < -0.3 is 10.2 Å². The average Bonchev–Trinajstić information content (AvgIpc) is 2.49. The molecular weight excluding hydrogens is 380 g/mol. The maximum atomic E-state index is 12.0. The molecule has 0 atom stereocenters. The molecule has 23 heavy (non-hydrogen) atoms. The van der Waals surface area contributed by atoms with Gasteiger partial charge in [0.15, 0.2) is 0 Å². The number of hydrogen-bond acceptors (Lipinski definition) is 2. The molecule has 2 rings (SSSR count). The lowest BCUT2D eigenvalue weighted by Crippen LogP contribution is -2.31. The van der Waals surface area contributed by atoms with Crippen LogP contribution >= 0.6 is 27.5 Å². The summed E-state index contributed by atoms with van der Waals surface area (Å²) in [6.45, 7) is 1.76. The fraction of sp³-hybridized carbons (Fsp3) is 0.176.